The molecule has 0 aliphatic rings. The summed E-state index contributed by atoms with van der Waals surface area (Å²) in [4.78, 5) is 11.2. The summed E-state index contributed by atoms with van der Waals surface area (Å²) >= 11 is 5.99. The summed E-state index contributed by atoms with van der Waals surface area (Å²) in [6.07, 6.45) is 0.711. The van der Waals surface area contributed by atoms with Gasteiger partial charge in [-0.05, 0) is 38.0 Å². The van der Waals surface area contributed by atoms with E-state index < -0.39 is 6.04 Å². The van der Waals surface area contributed by atoms with Crippen LogP contribution in [0.2, 0.25) is 5.02 Å². The van der Waals surface area contributed by atoms with Gasteiger partial charge in [-0.25, -0.2) is 0 Å². The van der Waals surface area contributed by atoms with E-state index >= 15 is 0 Å². The third-order valence-corrected chi connectivity index (χ3v) is 2.69. The summed E-state index contributed by atoms with van der Waals surface area (Å²) in [7, 11) is 0. The molecule has 0 bridgehead atoms. The average Bonchev–Trinajstić information content (AvgIpc) is 2.32. The Balaban J connectivity index is 2.26. The van der Waals surface area contributed by atoms with Crippen LogP contribution in [0.3, 0.4) is 0 Å². The quantitative estimate of drug-likeness (QED) is 0.776. The van der Waals surface area contributed by atoms with Gasteiger partial charge in [0.25, 0.3) is 0 Å². The van der Waals surface area contributed by atoms with Gasteiger partial charge in [-0.15, -0.1) is 0 Å². The summed E-state index contributed by atoms with van der Waals surface area (Å²) in [5, 5.41) is 3.31. The lowest BCUT2D eigenvalue weighted by molar-refractivity contribution is -0.121. The lowest BCUT2D eigenvalue weighted by Gasteiger charge is -2.10. The summed E-state index contributed by atoms with van der Waals surface area (Å²) in [6.45, 7) is 4.68. The van der Waals surface area contributed by atoms with Crippen molar-refractivity contribution in [3.63, 3.8) is 0 Å². The second-order valence-corrected chi connectivity index (χ2v) is 4.62. The summed E-state index contributed by atoms with van der Waals surface area (Å²) < 4.78 is 5.55. The molecule has 0 heterocycles. The number of rotatable bonds is 6. The van der Waals surface area contributed by atoms with Crippen LogP contribution in [0.5, 0.6) is 5.75 Å². The third-order valence-electron chi connectivity index (χ3n) is 2.38. The van der Waals surface area contributed by atoms with Crippen molar-refractivity contribution < 1.29 is 9.53 Å². The minimum absolute atomic E-state index is 0.149. The molecule has 5 heteroatoms. The fourth-order valence-corrected chi connectivity index (χ4v) is 1.52. The van der Waals surface area contributed by atoms with Crippen LogP contribution in [0, 0.1) is 6.92 Å². The van der Waals surface area contributed by atoms with Gasteiger partial charge in [0.15, 0.2) is 0 Å². The van der Waals surface area contributed by atoms with Crippen LogP contribution >= 0.6 is 11.6 Å². The molecule has 0 aliphatic carbocycles. The molecule has 100 valence electrons. The Morgan fingerprint density at radius 2 is 2.28 bits per heavy atom. The van der Waals surface area contributed by atoms with E-state index in [9.17, 15) is 4.79 Å². The van der Waals surface area contributed by atoms with Crippen molar-refractivity contribution in [1.29, 1.82) is 0 Å². The van der Waals surface area contributed by atoms with Crippen molar-refractivity contribution in [2.24, 2.45) is 5.73 Å². The highest BCUT2D eigenvalue weighted by Gasteiger charge is 2.05. The number of hydrogen-bond donors (Lipinski definition) is 2. The van der Waals surface area contributed by atoms with E-state index in [4.69, 9.17) is 22.1 Å². The van der Waals surface area contributed by atoms with Crippen molar-refractivity contribution in [3.05, 3.63) is 28.8 Å². The molecule has 4 nitrogen and oxygen atoms in total. The van der Waals surface area contributed by atoms with Gasteiger partial charge < -0.3 is 15.8 Å². The minimum atomic E-state index is -0.475. The van der Waals surface area contributed by atoms with E-state index in [0.717, 1.165) is 5.56 Å². The number of halogens is 1. The molecule has 0 spiro atoms. The monoisotopic (exact) mass is 270 g/mol. The Labute approximate surface area is 112 Å². The van der Waals surface area contributed by atoms with Gasteiger partial charge >= 0.3 is 0 Å². The first-order chi connectivity index (χ1) is 8.50. The first-order valence-electron chi connectivity index (χ1n) is 5.93. The van der Waals surface area contributed by atoms with Crippen molar-refractivity contribution in [1.82, 2.24) is 5.32 Å². The lowest BCUT2D eigenvalue weighted by atomic mass is 10.2. The molecule has 1 atom stereocenters. The summed E-state index contributed by atoms with van der Waals surface area (Å²) in [6, 6.07) is 5.16. The van der Waals surface area contributed by atoms with Gasteiger partial charge in [0, 0.05) is 6.54 Å². The van der Waals surface area contributed by atoms with Crippen LogP contribution in [0.15, 0.2) is 18.2 Å². The first kappa shape index (κ1) is 14.8. The predicted octanol–water partition coefficient (Wildman–Crippen LogP) is 1.88. The van der Waals surface area contributed by atoms with Crippen LogP contribution in [-0.2, 0) is 4.79 Å². The normalized spacial score (nSPS) is 12.0. The highest BCUT2D eigenvalue weighted by atomic mass is 35.5. The molecule has 1 aromatic carbocycles. The third kappa shape index (κ3) is 4.94. The van der Waals surface area contributed by atoms with Gasteiger partial charge in [-0.1, -0.05) is 17.7 Å². The first-order valence-corrected chi connectivity index (χ1v) is 6.30. The minimum Gasteiger partial charge on any atom is -0.492 e. The molecule has 1 aromatic rings. The molecule has 0 aliphatic heterocycles. The molecule has 1 rings (SSSR count). The average molecular weight is 271 g/mol. The van der Waals surface area contributed by atoms with E-state index in [1.165, 1.54) is 0 Å². The van der Waals surface area contributed by atoms with Crippen molar-refractivity contribution in [2.45, 2.75) is 26.3 Å². The fraction of sp³-hybridized carbons (Fsp3) is 0.462. The lowest BCUT2D eigenvalue weighted by Crippen LogP contribution is -2.38. The fourth-order valence-electron chi connectivity index (χ4n) is 1.35. The standard InChI is InChI=1S/C13H19ClN2O2/c1-9-4-5-11(14)12(8-9)18-7-3-6-16-13(17)10(2)15/h4-5,8,10H,3,6-7,15H2,1-2H3,(H,16,17). The number of nitrogens with one attached hydrogen (secondary N) is 1. The number of carbonyl (C=O) groups excluding carboxylic acids is 1. The Bertz CT molecular complexity index is 408. The van der Waals surface area contributed by atoms with Crippen LogP contribution in [0.1, 0.15) is 18.9 Å². The van der Waals surface area contributed by atoms with Crippen molar-refractivity contribution in [2.75, 3.05) is 13.2 Å². The van der Waals surface area contributed by atoms with Gasteiger partial charge in [0.05, 0.1) is 17.7 Å². The number of amides is 1. The number of ether oxygens (including phenoxy) is 1. The van der Waals surface area contributed by atoms with Gasteiger partial charge in [0.1, 0.15) is 5.75 Å². The number of nitrogens with two attached hydrogens (primary N) is 1. The number of benzene rings is 1. The van der Waals surface area contributed by atoms with Crippen molar-refractivity contribution in [3.8, 4) is 5.75 Å². The SMILES string of the molecule is Cc1ccc(Cl)c(OCCCNC(=O)C(C)N)c1. The Morgan fingerprint density at radius 3 is 2.94 bits per heavy atom. The maximum absolute atomic E-state index is 11.2. The smallest absolute Gasteiger partial charge is 0.236 e. The van der Waals surface area contributed by atoms with E-state index in [-0.39, 0.29) is 5.91 Å². The largest absolute Gasteiger partial charge is 0.492 e. The van der Waals surface area contributed by atoms with Crippen LogP contribution < -0.4 is 15.8 Å². The number of carbonyl (C=O) groups is 1. The molecule has 18 heavy (non-hydrogen) atoms. The molecule has 3 N–H and O–H groups in total. The van der Waals surface area contributed by atoms with E-state index in [1.807, 2.05) is 25.1 Å². The van der Waals surface area contributed by atoms with Crippen molar-refractivity contribution >= 4 is 17.5 Å². The summed E-state index contributed by atoms with van der Waals surface area (Å²) in [5.41, 5.74) is 6.51. The predicted molar refractivity (Wildman–Crippen MR) is 73.0 cm³/mol. The second-order valence-electron chi connectivity index (χ2n) is 4.22. The molecule has 0 saturated carbocycles. The molecule has 1 amide bonds. The molecular weight excluding hydrogens is 252 g/mol. The molecule has 0 fully saturated rings. The van der Waals surface area contributed by atoms with E-state index in [2.05, 4.69) is 5.32 Å². The molecule has 1 unspecified atom stereocenters. The maximum atomic E-state index is 11.2. The molecule has 0 aromatic heterocycles. The van der Waals surface area contributed by atoms with Gasteiger partial charge in [-0.3, -0.25) is 4.79 Å². The Kier molecular flexibility index (Phi) is 5.95. The van der Waals surface area contributed by atoms with Gasteiger partial charge in [0.2, 0.25) is 5.91 Å². The Hall–Kier alpha value is -1.26. The van der Waals surface area contributed by atoms with E-state index in [1.54, 1.807) is 6.92 Å². The molecule has 0 radical (unpaired) electrons. The second kappa shape index (κ2) is 7.24. The van der Waals surface area contributed by atoms with Gasteiger partial charge in [-0.2, -0.15) is 0 Å². The summed E-state index contributed by atoms with van der Waals surface area (Å²) in [5.74, 6) is 0.527. The van der Waals surface area contributed by atoms with Crippen LogP contribution in [0.25, 0.3) is 0 Å². The molecular formula is C13H19ClN2O2. The van der Waals surface area contributed by atoms with E-state index in [0.29, 0.717) is 30.3 Å². The van der Waals surface area contributed by atoms with Crippen LogP contribution in [0.4, 0.5) is 0 Å². The Morgan fingerprint density at radius 1 is 1.56 bits per heavy atom. The highest BCUT2D eigenvalue weighted by Crippen LogP contribution is 2.25. The zero-order valence-corrected chi connectivity index (χ0v) is 11.5. The maximum Gasteiger partial charge on any atom is 0.236 e. The highest BCUT2D eigenvalue weighted by molar-refractivity contribution is 6.32. The number of hydrogen-bond acceptors (Lipinski definition) is 3. The molecule has 0 saturated heterocycles. The zero-order chi connectivity index (χ0) is 13.5. The number of aryl methyl sites for hydroxylation is 1. The zero-order valence-electron chi connectivity index (χ0n) is 10.7. The van der Waals surface area contributed by atoms with Crippen LogP contribution in [-0.4, -0.2) is 25.1 Å². The topological polar surface area (TPSA) is 64.3 Å².